The van der Waals surface area contributed by atoms with Crippen molar-refractivity contribution in [3.63, 3.8) is 0 Å². The zero-order valence-corrected chi connectivity index (χ0v) is 14.0. The molecule has 0 spiro atoms. The molecule has 0 amide bonds. The molecule has 3 rings (SSSR count). The largest absolute Gasteiger partial charge is 0.381 e. The molecule has 1 fully saturated rings. The minimum Gasteiger partial charge on any atom is -0.381 e. The number of hydrogen-bond donors (Lipinski definition) is 1. The first kappa shape index (κ1) is 15.9. The van der Waals surface area contributed by atoms with Gasteiger partial charge in [0.25, 0.3) is 0 Å². The van der Waals surface area contributed by atoms with Crippen LogP contribution in [0.25, 0.3) is 0 Å². The van der Waals surface area contributed by atoms with Crippen LogP contribution in [0.5, 0.6) is 0 Å². The van der Waals surface area contributed by atoms with E-state index in [2.05, 4.69) is 31.4 Å². The van der Waals surface area contributed by atoms with Gasteiger partial charge in [-0.15, -0.1) is 0 Å². The van der Waals surface area contributed by atoms with Gasteiger partial charge in [0.15, 0.2) is 0 Å². The summed E-state index contributed by atoms with van der Waals surface area (Å²) in [5.74, 6) is 3.89. The molecule has 1 N–H and O–H groups in total. The summed E-state index contributed by atoms with van der Waals surface area (Å²) in [7, 11) is 0. The second-order valence-electron chi connectivity index (χ2n) is 6.00. The predicted octanol–water partition coefficient (Wildman–Crippen LogP) is 2.00. The van der Waals surface area contributed by atoms with Gasteiger partial charge in [0.2, 0.25) is 0 Å². The lowest BCUT2D eigenvalue weighted by atomic mass is 10.0. The Labute approximate surface area is 136 Å². The minimum absolute atomic E-state index is 0.401. The second kappa shape index (κ2) is 7.04. The highest BCUT2D eigenvalue weighted by atomic mass is 16.5. The molecule has 0 radical (unpaired) electrons. The third-order valence-electron chi connectivity index (χ3n) is 4.02. The summed E-state index contributed by atoms with van der Waals surface area (Å²) in [6, 6.07) is 2.05. The van der Waals surface area contributed by atoms with Gasteiger partial charge in [-0.25, -0.2) is 15.0 Å². The van der Waals surface area contributed by atoms with Crippen molar-refractivity contribution in [2.45, 2.75) is 46.1 Å². The van der Waals surface area contributed by atoms with Crippen molar-refractivity contribution < 1.29 is 4.74 Å². The lowest BCUT2D eigenvalue weighted by molar-refractivity contribution is 0.193. The van der Waals surface area contributed by atoms with E-state index in [1.54, 1.807) is 0 Å². The lowest BCUT2D eigenvalue weighted by Gasteiger charge is -2.11. The van der Waals surface area contributed by atoms with Crippen molar-refractivity contribution in [3.8, 4) is 0 Å². The molecule has 7 nitrogen and oxygen atoms in total. The molecule has 1 aliphatic heterocycles. The van der Waals surface area contributed by atoms with E-state index in [-0.39, 0.29) is 0 Å². The highest BCUT2D eigenvalue weighted by molar-refractivity contribution is 5.37. The van der Waals surface area contributed by atoms with Gasteiger partial charge in [-0.2, -0.15) is 5.10 Å². The minimum atomic E-state index is 0.401. The van der Waals surface area contributed by atoms with E-state index in [9.17, 15) is 0 Å². The summed E-state index contributed by atoms with van der Waals surface area (Å²) >= 11 is 0. The molecular formula is C16H24N6O. The van der Waals surface area contributed by atoms with Gasteiger partial charge in [-0.1, -0.05) is 0 Å². The highest BCUT2D eigenvalue weighted by Crippen LogP contribution is 2.24. The molecule has 7 heteroatoms. The summed E-state index contributed by atoms with van der Waals surface area (Å²) < 4.78 is 7.40. The zero-order chi connectivity index (χ0) is 16.2. The van der Waals surface area contributed by atoms with Gasteiger partial charge < -0.3 is 10.1 Å². The van der Waals surface area contributed by atoms with Gasteiger partial charge in [-0.3, -0.25) is 4.68 Å². The first-order valence-electron chi connectivity index (χ1n) is 8.17. The van der Waals surface area contributed by atoms with Crippen molar-refractivity contribution >= 4 is 5.82 Å². The topological polar surface area (TPSA) is 77.8 Å². The Morgan fingerprint density at radius 2 is 2.09 bits per heavy atom. The van der Waals surface area contributed by atoms with Crippen LogP contribution in [0.3, 0.4) is 0 Å². The van der Waals surface area contributed by atoms with Gasteiger partial charge in [0.1, 0.15) is 23.3 Å². The van der Waals surface area contributed by atoms with Crippen molar-refractivity contribution in [2.75, 3.05) is 25.1 Å². The number of aromatic nitrogens is 5. The number of aryl methyl sites for hydroxylation is 4. The van der Waals surface area contributed by atoms with E-state index < -0.39 is 0 Å². The Bertz CT molecular complexity index is 663. The first-order valence-corrected chi connectivity index (χ1v) is 8.17. The van der Waals surface area contributed by atoms with E-state index in [0.29, 0.717) is 5.92 Å². The van der Waals surface area contributed by atoms with Crippen LogP contribution < -0.4 is 5.32 Å². The number of nitrogens with one attached hydrogen (secondary N) is 1. The maximum atomic E-state index is 5.46. The Morgan fingerprint density at radius 3 is 2.78 bits per heavy atom. The standard InChI is InChI=1S/C16H24N6O/c1-11-19-15(14-5-8-23-10-14)9-16(20-11)17-6-4-7-22-13(3)18-12(2)21-22/h9,14H,4-8,10H2,1-3H3,(H,17,19,20). The van der Waals surface area contributed by atoms with Crippen LogP contribution in [0, 0.1) is 20.8 Å². The van der Waals surface area contributed by atoms with E-state index in [4.69, 9.17) is 4.74 Å². The number of nitrogens with zero attached hydrogens (tertiary/aromatic N) is 5. The third-order valence-corrected chi connectivity index (χ3v) is 4.02. The molecule has 0 aromatic carbocycles. The van der Waals surface area contributed by atoms with Crippen molar-refractivity contribution in [1.29, 1.82) is 0 Å². The van der Waals surface area contributed by atoms with Gasteiger partial charge in [0.05, 0.1) is 12.3 Å². The smallest absolute Gasteiger partial charge is 0.147 e. The van der Waals surface area contributed by atoms with Crippen LogP contribution in [0.1, 0.15) is 41.9 Å². The Balaban J connectivity index is 1.54. The van der Waals surface area contributed by atoms with E-state index in [1.807, 2.05) is 25.5 Å². The Kier molecular flexibility index (Phi) is 4.85. The average Bonchev–Trinajstić information content (AvgIpc) is 3.13. The number of rotatable bonds is 6. The van der Waals surface area contributed by atoms with Crippen molar-refractivity contribution in [3.05, 3.63) is 29.2 Å². The second-order valence-corrected chi connectivity index (χ2v) is 6.00. The normalized spacial score (nSPS) is 17.6. The molecule has 1 aliphatic rings. The van der Waals surface area contributed by atoms with Gasteiger partial charge >= 0.3 is 0 Å². The molecule has 1 atom stereocenters. The van der Waals surface area contributed by atoms with Crippen LogP contribution in [-0.2, 0) is 11.3 Å². The fraction of sp³-hybridized carbons (Fsp3) is 0.625. The van der Waals surface area contributed by atoms with E-state index in [1.165, 1.54) is 0 Å². The number of anilines is 1. The average molecular weight is 316 g/mol. The molecule has 124 valence electrons. The summed E-state index contributed by atoms with van der Waals surface area (Å²) in [5, 5.41) is 7.77. The van der Waals surface area contributed by atoms with Crippen LogP contribution in [-0.4, -0.2) is 44.5 Å². The molecule has 0 saturated carbocycles. The van der Waals surface area contributed by atoms with Crippen LogP contribution in [0.4, 0.5) is 5.82 Å². The van der Waals surface area contributed by atoms with Crippen LogP contribution in [0.2, 0.25) is 0 Å². The molecule has 23 heavy (non-hydrogen) atoms. The van der Waals surface area contributed by atoms with Gasteiger partial charge in [0, 0.05) is 31.7 Å². The molecule has 2 aromatic rings. The summed E-state index contributed by atoms with van der Waals surface area (Å²) in [5.41, 5.74) is 1.08. The fourth-order valence-electron chi connectivity index (χ4n) is 2.88. The Morgan fingerprint density at radius 1 is 1.22 bits per heavy atom. The quantitative estimate of drug-likeness (QED) is 0.821. The molecule has 3 heterocycles. The highest BCUT2D eigenvalue weighted by Gasteiger charge is 2.20. The number of ether oxygens (including phenoxy) is 1. The maximum Gasteiger partial charge on any atom is 0.147 e. The summed E-state index contributed by atoms with van der Waals surface area (Å²) in [6.07, 6.45) is 2.01. The van der Waals surface area contributed by atoms with Gasteiger partial charge in [-0.05, 0) is 33.6 Å². The molecule has 0 aliphatic carbocycles. The van der Waals surface area contributed by atoms with E-state index >= 15 is 0 Å². The lowest BCUT2D eigenvalue weighted by Crippen LogP contribution is -2.11. The van der Waals surface area contributed by atoms with Crippen LogP contribution >= 0.6 is 0 Å². The molecule has 2 aromatic heterocycles. The Hall–Kier alpha value is -2.02. The molecule has 1 saturated heterocycles. The first-order chi connectivity index (χ1) is 11.1. The van der Waals surface area contributed by atoms with E-state index in [0.717, 1.165) is 68.1 Å². The molecular weight excluding hydrogens is 292 g/mol. The SMILES string of the molecule is Cc1nc(NCCCn2nc(C)nc2C)cc(C2CCOC2)n1. The third kappa shape index (κ3) is 4.04. The van der Waals surface area contributed by atoms with Crippen molar-refractivity contribution in [2.24, 2.45) is 0 Å². The van der Waals surface area contributed by atoms with Crippen molar-refractivity contribution in [1.82, 2.24) is 24.7 Å². The maximum absolute atomic E-state index is 5.46. The monoisotopic (exact) mass is 316 g/mol. The molecule has 1 unspecified atom stereocenters. The summed E-state index contributed by atoms with van der Waals surface area (Å²) in [4.78, 5) is 13.3. The molecule has 0 bridgehead atoms. The van der Waals surface area contributed by atoms with Crippen LogP contribution in [0.15, 0.2) is 6.07 Å². The zero-order valence-electron chi connectivity index (χ0n) is 14.0. The fourth-order valence-corrected chi connectivity index (χ4v) is 2.88. The summed E-state index contributed by atoms with van der Waals surface area (Å²) in [6.45, 7) is 9.12. The number of hydrogen-bond acceptors (Lipinski definition) is 6. The predicted molar refractivity (Wildman–Crippen MR) is 87.5 cm³/mol.